The first kappa shape index (κ1) is 11.2. The van der Waals surface area contributed by atoms with Crippen molar-refractivity contribution in [2.45, 2.75) is 45.6 Å². The van der Waals surface area contributed by atoms with E-state index in [1.807, 2.05) is 0 Å². The lowest BCUT2D eigenvalue weighted by atomic mass is 10.2. The van der Waals surface area contributed by atoms with E-state index in [1.54, 1.807) is 0 Å². The van der Waals surface area contributed by atoms with Gasteiger partial charge in [-0.15, -0.1) is 12.4 Å². The average Bonchev–Trinajstić information content (AvgIpc) is 2.36. The average molecular weight is 178 g/mol. The zero-order valence-corrected chi connectivity index (χ0v) is 8.49. The van der Waals surface area contributed by atoms with Crippen LogP contribution in [-0.2, 0) is 0 Å². The Morgan fingerprint density at radius 2 is 2.09 bits per heavy atom. The molecule has 1 saturated heterocycles. The number of likely N-dealkylation sites (tertiary alicyclic amines) is 1. The lowest BCUT2D eigenvalue weighted by Gasteiger charge is -2.21. The molecule has 1 heterocycles. The summed E-state index contributed by atoms with van der Waals surface area (Å²) < 4.78 is 0. The Morgan fingerprint density at radius 3 is 2.64 bits per heavy atom. The second kappa shape index (κ2) is 5.84. The fraction of sp³-hybridized carbons (Fsp3) is 1.00. The third-order valence-electron chi connectivity index (χ3n) is 2.48. The van der Waals surface area contributed by atoms with Crippen LogP contribution in [0.15, 0.2) is 0 Å². The van der Waals surface area contributed by atoms with Crippen molar-refractivity contribution in [2.75, 3.05) is 13.1 Å². The number of halogens is 1. The van der Waals surface area contributed by atoms with Crippen molar-refractivity contribution < 1.29 is 0 Å². The van der Waals surface area contributed by atoms with Crippen molar-refractivity contribution in [3.05, 3.63) is 0 Å². The first-order valence-electron chi connectivity index (χ1n) is 4.62. The topological polar surface area (TPSA) is 3.24 Å². The molecule has 1 aliphatic rings. The van der Waals surface area contributed by atoms with Crippen LogP contribution >= 0.6 is 12.4 Å². The predicted octanol–water partition coefficient (Wildman–Crippen LogP) is 2.69. The zero-order valence-electron chi connectivity index (χ0n) is 7.68. The van der Waals surface area contributed by atoms with Crippen LogP contribution in [0.3, 0.4) is 0 Å². The van der Waals surface area contributed by atoms with Gasteiger partial charge in [0.25, 0.3) is 0 Å². The van der Waals surface area contributed by atoms with Crippen LogP contribution in [0.25, 0.3) is 0 Å². The first-order chi connectivity index (χ1) is 4.88. The van der Waals surface area contributed by atoms with Gasteiger partial charge in [0, 0.05) is 6.04 Å². The van der Waals surface area contributed by atoms with Gasteiger partial charge in [0.15, 0.2) is 0 Å². The molecule has 1 aliphatic heterocycles. The van der Waals surface area contributed by atoms with Gasteiger partial charge in [-0.2, -0.15) is 0 Å². The van der Waals surface area contributed by atoms with Crippen LogP contribution in [0.4, 0.5) is 0 Å². The van der Waals surface area contributed by atoms with Crippen molar-refractivity contribution in [3.8, 4) is 0 Å². The van der Waals surface area contributed by atoms with Gasteiger partial charge >= 0.3 is 0 Å². The molecule has 11 heavy (non-hydrogen) atoms. The van der Waals surface area contributed by atoms with E-state index >= 15 is 0 Å². The molecule has 0 aromatic rings. The van der Waals surface area contributed by atoms with E-state index in [9.17, 15) is 0 Å². The molecule has 1 unspecified atom stereocenters. The smallest absolute Gasteiger partial charge is 0.00931 e. The molecule has 0 radical (unpaired) electrons. The zero-order chi connectivity index (χ0) is 7.40. The normalized spacial score (nSPS) is 25.1. The van der Waals surface area contributed by atoms with Gasteiger partial charge in [-0.25, -0.2) is 0 Å². The second-order valence-electron chi connectivity index (χ2n) is 3.24. The summed E-state index contributed by atoms with van der Waals surface area (Å²) in [6.45, 7) is 7.24. The largest absolute Gasteiger partial charge is 0.300 e. The van der Waals surface area contributed by atoms with Crippen molar-refractivity contribution in [3.63, 3.8) is 0 Å². The van der Waals surface area contributed by atoms with E-state index in [-0.39, 0.29) is 12.4 Å². The summed E-state index contributed by atoms with van der Waals surface area (Å²) in [4.78, 5) is 2.64. The Morgan fingerprint density at radius 1 is 1.36 bits per heavy atom. The van der Waals surface area contributed by atoms with Gasteiger partial charge in [0.1, 0.15) is 0 Å². The van der Waals surface area contributed by atoms with E-state index < -0.39 is 0 Å². The summed E-state index contributed by atoms with van der Waals surface area (Å²) in [6, 6.07) is 0.917. The SMILES string of the molecule is CCCN1CCCC1CC.Cl. The van der Waals surface area contributed by atoms with Crippen molar-refractivity contribution in [1.82, 2.24) is 4.90 Å². The fourth-order valence-electron chi connectivity index (χ4n) is 1.94. The maximum atomic E-state index is 2.64. The summed E-state index contributed by atoms with van der Waals surface area (Å²) in [5, 5.41) is 0. The van der Waals surface area contributed by atoms with E-state index in [4.69, 9.17) is 0 Å². The van der Waals surface area contributed by atoms with Crippen molar-refractivity contribution in [1.29, 1.82) is 0 Å². The van der Waals surface area contributed by atoms with Crippen LogP contribution in [0, 0.1) is 0 Å². The van der Waals surface area contributed by atoms with Crippen molar-refractivity contribution in [2.24, 2.45) is 0 Å². The first-order valence-corrected chi connectivity index (χ1v) is 4.62. The maximum absolute atomic E-state index is 2.64. The van der Waals surface area contributed by atoms with Crippen molar-refractivity contribution >= 4 is 12.4 Å². The van der Waals surface area contributed by atoms with Gasteiger partial charge < -0.3 is 4.90 Å². The van der Waals surface area contributed by atoms with Gasteiger partial charge in [-0.05, 0) is 38.8 Å². The predicted molar refractivity (Wildman–Crippen MR) is 52.4 cm³/mol. The molecule has 0 aromatic carbocycles. The number of rotatable bonds is 3. The van der Waals surface area contributed by atoms with Crippen LogP contribution < -0.4 is 0 Å². The van der Waals surface area contributed by atoms with Gasteiger partial charge in [0.05, 0.1) is 0 Å². The molecule has 0 bridgehead atoms. The quantitative estimate of drug-likeness (QED) is 0.641. The number of hydrogen-bond donors (Lipinski definition) is 0. The molecule has 0 spiro atoms. The molecular weight excluding hydrogens is 158 g/mol. The van der Waals surface area contributed by atoms with Gasteiger partial charge in [-0.3, -0.25) is 0 Å². The van der Waals surface area contributed by atoms with Crippen LogP contribution in [0.2, 0.25) is 0 Å². The molecule has 1 atom stereocenters. The van der Waals surface area contributed by atoms with Crippen LogP contribution in [0.5, 0.6) is 0 Å². The molecule has 1 rings (SSSR count). The maximum Gasteiger partial charge on any atom is 0.00931 e. The van der Waals surface area contributed by atoms with Gasteiger partial charge in [-0.1, -0.05) is 13.8 Å². The minimum atomic E-state index is 0. The Hall–Kier alpha value is 0.250. The molecular formula is C9H20ClN. The molecule has 0 N–H and O–H groups in total. The Bertz CT molecular complexity index is 95.6. The number of hydrogen-bond acceptors (Lipinski definition) is 1. The van der Waals surface area contributed by atoms with E-state index in [0.717, 1.165) is 6.04 Å². The Kier molecular flexibility index (Phi) is 5.98. The highest BCUT2D eigenvalue weighted by molar-refractivity contribution is 5.85. The Balaban J connectivity index is 0.000001000. The highest BCUT2D eigenvalue weighted by Gasteiger charge is 2.20. The summed E-state index contributed by atoms with van der Waals surface area (Å²) >= 11 is 0. The van der Waals surface area contributed by atoms with Crippen LogP contribution in [0.1, 0.15) is 39.5 Å². The minimum Gasteiger partial charge on any atom is -0.300 e. The molecule has 0 amide bonds. The number of nitrogens with zero attached hydrogens (tertiary/aromatic N) is 1. The lowest BCUT2D eigenvalue weighted by Crippen LogP contribution is -2.29. The standard InChI is InChI=1S/C9H19N.ClH/c1-3-7-10-8-5-6-9(10)4-2;/h9H,3-8H2,1-2H3;1H. The third kappa shape index (κ3) is 3.00. The molecule has 0 saturated carbocycles. The highest BCUT2D eigenvalue weighted by atomic mass is 35.5. The van der Waals surface area contributed by atoms with Gasteiger partial charge in [0.2, 0.25) is 0 Å². The molecule has 68 valence electrons. The second-order valence-corrected chi connectivity index (χ2v) is 3.24. The summed E-state index contributed by atoms with van der Waals surface area (Å²) in [7, 11) is 0. The van der Waals surface area contributed by atoms with Crippen LogP contribution in [-0.4, -0.2) is 24.0 Å². The summed E-state index contributed by atoms with van der Waals surface area (Å²) in [5.41, 5.74) is 0. The summed E-state index contributed by atoms with van der Waals surface area (Å²) in [6.07, 6.45) is 5.53. The molecule has 2 heteroatoms. The lowest BCUT2D eigenvalue weighted by molar-refractivity contribution is 0.249. The molecule has 0 aromatic heterocycles. The molecule has 0 aliphatic carbocycles. The third-order valence-corrected chi connectivity index (χ3v) is 2.48. The highest BCUT2D eigenvalue weighted by Crippen LogP contribution is 2.19. The van der Waals surface area contributed by atoms with E-state index in [2.05, 4.69) is 18.7 Å². The monoisotopic (exact) mass is 177 g/mol. The van der Waals surface area contributed by atoms with E-state index in [1.165, 1.54) is 38.8 Å². The fourth-order valence-corrected chi connectivity index (χ4v) is 1.94. The Labute approximate surface area is 76.6 Å². The minimum absolute atomic E-state index is 0. The molecule has 1 nitrogen and oxygen atoms in total. The molecule has 1 fully saturated rings. The van der Waals surface area contributed by atoms with E-state index in [0.29, 0.717) is 0 Å². The summed E-state index contributed by atoms with van der Waals surface area (Å²) in [5.74, 6) is 0.